The van der Waals surface area contributed by atoms with Crippen molar-refractivity contribution < 1.29 is 9.18 Å². The molecule has 1 aliphatic heterocycles. The largest absolute Gasteiger partial charge is 0.335 e. The maximum absolute atomic E-state index is 13.5. The summed E-state index contributed by atoms with van der Waals surface area (Å²) in [5, 5.41) is 0.757. The van der Waals surface area contributed by atoms with Gasteiger partial charge in [0.25, 0.3) is 5.91 Å². The van der Waals surface area contributed by atoms with Crippen molar-refractivity contribution in [3.05, 3.63) is 35.6 Å². The van der Waals surface area contributed by atoms with Gasteiger partial charge < -0.3 is 4.90 Å². The van der Waals surface area contributed by atoms with Gasteiger partial charge in [-0.25, -0.2) is 4.39 Å². The third-order valence-electron chi connectivity index (χ3n) is 2.92. The minimum absolute atomic E-state index is 0.176. The Hall–Kier alpha value is -0.900. The van der Waals surface area contributed by atoms with Crippen molar-refractivity contribution in [2.24, 2.45) is 0 Å². The topological polar surface area (TPSA) is 20.3 Å². The number of benzene rings is 1. The summed E-state index contributed by atoms with van der Waals surface area (Å²) < 4.78 is 13.5. The molecule has 16 heavy (non-hydrogen) atoms. The van der Waals surface area contributed by atoms with Crippen molar-refractivity contribution in [2.45, 2.75) is 18.9 Å². The standard InChI is InChI=1S/C12H13BrFNO/c13-8-9-4-3-7-15(9)12(16)10-5-1-2-6-11(10)14/h1-2,5-6,9H,3-4,7-8H2/t9-/m0/s1. The Morgan fingerprint density at radius 1 is 1.50 bits per heavy atom. The van der Waals surface area contributed by atoms with Crippen molar-refractivity contribution in [1.29, 1.82) is 0 Å². The molecule has 1 atom stereocenters. The summed E-state index contributed by atoms with van der Waals surface area (Å²) in [6, 6.07) is 6.36. The molecule has 0 N–H and O–H groups in total. The molecule has 0 saturated carbocycles. The zero-order chi connectivity index (χ0) is 11.5. The predicted octanol–water partition coefficient (Wildman–Crippen LogP) is 2.83. The zero-order valence-electron chi connectivity index (χ0n) is 8.83. The van der Waals surface area contributed by atoms with Gasteiger partial charge in [0.2, 0.25) is 0 Å². The zero-order valence-corrected chi connectivity index (χ0v) is 10.4. The second kappa shape index (κ2) is 4.95. The first-order valence-corrected chi connectivity index (χ1v) is 6.47. The van der Waals surface area contributed by atoms with Gasteiger partial charge in [0.15, 0.2) is 0 Å². The average molecular weight is 286 g/mol. The number of nitrogens with zero attached hydrogens (tertiary/aromatic N) is 1. The lowest BCUT2D eigenvalue weighted by atomic mass is 10.1. The molecule has 86 valence electrons. The fourth-order valence-corrected chi connectivity index (χ4v) is 2.73. The lowest BCUT2D eigenvalue weighted by molar-refractivity contribution is 0.0746. The summed E-state index contributed by atoms with van der Waals surface area (Å²) >= 11 is 3.39. The molecule has 0 aliphatic carbocycles. The first kappa shape index (κ1) is 11.6. The minimum Gasteiger partial charge on any atom is -0.335 e. The molecule has 0 spiro atoms. The lowest BCUT2D eigenvalue weighted by Crippen LogP contribution is -2.36. The first-order chi connectivity index (χ1) is 7.74. The molecule has 0 radical (unpaired) electrons. The second-order valence-electron chi connectivity index (χ2n) is 3.93. The van der Waals surface area contributed by atoms with E-state index in [0.29, 0.717) is 0 Å². The molecule has 2 nitrogen and oxygen atoms in total. The van der Waals surface area contributed by atoms with E-state index in [2.05, 4.69) is 15.9 Å². The Kier molecular flexibility index (Phi) is 3.59. The van der Waals surface area contributed by atoms with Gasteiger partial charge >= 0.3 is 0 Å². The number of hydrogen-bond donors (Lipinski definition) is 0. The number of halogens is 2. The van der Waals surface area contributed by atoms with Crippen molar-refractivity contribution >= 4 is 21.8 Å². The Balaban J connectivity index is 2.22. The van der Waals surface area contributed by atoms with Gasteiger partial charge in [-0.3, -0.25) is 4.79 Å². The lowest BCUT2D eigenvalue weighted by Gasteiger charge is -2.23. The van der Waals surface area contributed by atoms with Gasteiger partial charge in [-0.1, -0.05) is 28.1 Å². The minimum atomic E-state index is -0.437. The highest BCUT2D eigenvalue weighted by Crippen LogP contribution is 2.22. The van der Waals surface area contributed by atoms with Crippen LogP contribution in [0.15, 0.2) is 24.3 Å². The highest BCUT2D eigenvalue weighted by Gasteiger charge is 2.29. The monoisotopic (exact) mass is 285 g/mol. The average Bonchev–Trinajstić information content (AvgIpc) is 2.77. The molecule has 1 heterocycles. The van der Waals surface area contributed by atoms with E-state index in [1.165, 1.54) is 6.07 Å². The van der Waals surface area contributed by atoms with E-state index in [1.54, 1.807) is 23.1 Å². The van der Waals surface area contributed by atoms with Crippen molar-refractivity contribution in [1.82, 2.24) is 4.90 Å². The molecular formula is C12H13BrFNO. The number of hydrogen-bond acceptors (Lipinski definition) is 1. The van der Waals surface area contributed by atoms with Crippen molar-refractivity contribution in [3.8, 4) is 0 Å². The highest BCUT2D eigenvalue weighted by molar-refractivity contribution is 9.09. The smallest absolute Gasteiger partial charge is 0.257 e. The van der Waals surface area contributed by atoms with Crippen LogP contribution >= 0.6 is 15.9 Å². The molecule has 1 aromatic carbocycles. The molecular weight excluding hydrogens is 273 g/mol. The van der Waals surface area contributed by atoms with Crippen LogP contribution in [-0.2, 0) is 0 Å². The highest BCUT2D eigenvalue weighted by atomic mass is 79.9. The van der Waals surface area contributed by atoms with Gasteiger partial charge in [0.1, 0.15) is 5.82 Å². The molecule has 1 saturated heterocycles. The molecule has 1 fully saturated rings. The summed E-state index contributed by atoms with van der Waals surface area (Å²) in [6.45, 7) is 0.726. The summed E-state index contributed by atoms with van der Waals surface area (Å²) in [6.07, 6.45) is 1.99. The fraction of sp³-hybridized carbons (Fsp3) is 0.417. The maximum atomic E-state index is 13.5. The Morgan fingerprint density at radius 3 is 2.94 bits per heavy atom. The van der Waals surface area contributed by atoms with Gasteiger partial charge in [-0.2, -0.15) is 0 Å². The quantitative estimate of drug-likeness (QED) is 0.766. The summed E-state index contributed by atoms with van der Waals surface area (Å²) in [5.41, 5.74) is 0.176. The van der Waals surface area contributed by atoms with Gasteiger partial charge in [0.05, 0.1) is 5.56 Å². The molecule has 0 bridgehead atoms. The summed E-state index contributed by atoms with van der Waals surface area (Å²) in [4.78, 5) is 13.9. The molecule has 4 heteroatoms. The molecule has 1 aliphatic rings. The van der Waals surface area contributed by atoms with Crippen LogP contribution in [-0.4, -0.2) is 28.7 Å². The van der Waals surface area contributed by atoms with Crippen LogP contribution in [0.4, 0.5) is 4.39 Å². The van der Waals surface area contributed by atoms with Crippen LogP contribution in [0.25, 0.3) is 0 Å². The summed E-state index contributed by atoms with van der Waals surface area (Å²) in [7, 11) is 0. The number of rotatable bonds is 2. The van der Waals surface area contributed by atoms with Crippen LogP contribution in [0.3, 0.4) is 0 Å². The predicted molar refractivity (Wildman–Crippen MR) is 64.3 cm³/mol. The van der Waals surface area contributed by atoms with Crippen LogP contribution in [0.5, 0.6) is 0 Å². The van der Waals surface area contributed by atoms with Crippen LogP contribution in [0, 0.1) is 5.82 Å². The number of likely N-dealkylation sites (tertiary alicyclic amines) is 1. The number of alkyl halides is 1. The Labute approximate surface area is 103 Å². The van der Waals surface area contributed by atoms with Gasteiger partial charge in [-0.15, -0.1) is 0 Å². The van der Waals surface area contributed by atoms with Crippen molar-refractivity contribution in [2.75, 3.05) is 11.9 Å². The van der Waals surface area contributed by atoms with E-state index >= 15 is 0 Å². The normalized spacial score (nSPS) is 20.1. The Bertz CT molecular complexity index is 396. The fourth-order valence-electron chi connectivity index (χ4n) is 2.05. The Morgan fingerprint density at radius 2 is 2.25 bits per heavy atom. The van der Waals surface area contributed by atoms with E-state index in [4.69, 9.17) is 0 Å². The number of carbonyl (C=O) groups is 1. The van der Waals surface area contributed by atoms with Crippen LogP contribution in [0.1, 0.15) is 23.2 Å². The third kappa shape index (κ3) is 2.12. The van der Waals surface area contributed by atoms with E-state index in [0.717, 1.165) is 24.7 Å². The second-order valence-corrected chi connectivity index (χ2v) is 4.58. The molecule has 0 unspecified atom stereocenters. The van der Waals surface area contributed by atoms with E-state index in [1.807, 2.05) is 0 Å². The van der Waals surface area contributed by atoms with Gasteiger partial charge in [0, 0.05) is 17.9 Å². The number of amides is 1. The third-order valence-corrected chi connectivity index (χ3v) is 3.67. The van der Waals surface area contributed by atoms with Crippen LogP contribution < -0.4 is 0 Å². The van der Waals surface area contributed by atoms with Crippen LogP contribution in [0.2, 0.25) is 0 Å². The first-order valence-electron chi connectivity index (χ1n) is 5.35. The van der Waals surface area contributed by atoms with E-state index in [9.17, 15) is 9.18 Å². The summed E-state index contributed by atoms with van der Waals surface area (Å²) in [5.74, 6) is -0.632. The van der Waals surface area contributed by atoms with Crippen molar-refractivity contribution in [3.63, 3.8) is 0 Å². The number of carbonyl (C=O) groups excluding carboxylic acids is 1. The van der Waals surface area contributed by atoms with E-state index in [-0.39, 0.29) is 17.5 Å². The molecule has 0 aromatic heterocycles. The van der Waals surface area contributed by atoms with E-state index < -0.39 is 5.82 Å². The molecule has 2 rings (SSSR count). The maximum Gasteiger partial charge on any atom is 0.257 e. The SMILES string of the molecule is O=C(c1ccccc1F)N1CCC[C@H]1CBr. The molecule has 1 aromatic rings. The molecule has 1 amide bonds. The van der Waals surface area contributed by atoms with Gasteiger partial charge in [-0.05, 0) is 25.0 Å².